The smallest absolute Gasteiger partial charge is 0.271 e. The van der Waals surface area contributed by atoms with Crippen LogP contribution in [-0.4, -0.2) is 33.6 Å². The summed E-state index contributed by atoms with van der Waals surface area (Å²) in [6, 6.07) is 26.1. The zero-order valence-electron chi connectivity index (χ0n) is 21.3. The number of nitriles is 1. The highest BCUT2D eigenvalue weighted by atomic mass is 35.5. The SMILES string of the molecule is COc1ccc(-c2nn(-c3ccccc3)cc2/C=C2/C(=O)N(Cc3ccccc3)C(=O)C(C#N)=C2C)cc1Cl. The maximum absolute atomic E-state index is 13.7. The number of hydrogen-bond donors (Lipinski definition) is 0. The van der Waals surface area contributed by atoms with Gasteiger partial charge in [0.1, 0.15) is 23.1 Å². The molecular weight excluding hydrogens is 512 g/mol. The van der Waals surface area contributed by atoms with Crippen LogP contribution in [0.5, 0.6) is 5.75 Å². The summed E-state index contributed by atoms with van der Waals surface area (Å²) in [4.78, 5) is 27.9. The van der Waals surface area contributed by atoms with Crippen molar-refractivity contribution < 1.29 is 14.3 Å². The van der Waals surface area contributed by atoms with E-state index in [0.29, 0.717) is 33.2 Å². The second kappa shape index (κ2) is 10.8. The second-order valence-electron chi connectivity index (χ2n) is 8.91. The largest absolute Gasteiger partial charge is 0.495 e. The van der Waals surface area contributed by atoms with Crippen LogP contribution < -0.4 is 4.74 Å². The number of carbonyl (C=O) groups is 2. The predicted octanol–water partition coefficient (Wildman–Crippen LogP) is 5.99. The van der Waals surface area contributed by atoms with Gasteiger partial charge >= 0.3 is 0 Å². The third-order valence-electron chi connectivity index (χ3n) is 6.50. The number of nitrogens with zero attached hydrogens (tertiary/aromatic N) is 4. The first kappa shape index (κ1) is 25.7. The number of methoxy groups -OCH3 is 1. The summed E-state index contributed by atoms with van der Waals surface area (Å²) in [7, 11) is 1.54. The van der Waals surface area contributed by atoms with Gasteiger partial charge in [0.2, 0.25) is 0 Å². The number of benzene rings is 3. The minimum Gasteiger partial charge on any atom is -0.495 e. The minimum atomic E-state index is -0.608. The van der Waals surface area contributed by atoms with E-state index in [-0.39, 0.29) is 17.7 Å². The van der Waals surface area contributed by atoms with E-state index in [0.717, 1.165) is 16.2 Å². The van der Waals surface area contributed by atoms with Crippen LogP contribution in [0.4, 0.5) is 0 Å². The monoisotopic (exact) mass is 534 g/mol. The van der Waals surface area contributed by atoms with E-state index in [9.17, 15) is 14.9 Å². The molecule has 0 atom stereocenters. The van der Waals surface area contributed by atoms with Gasteiger partial charge in [0.05, 0.1) is 24.4 Å². The van der Waals surface area contributed by atoms with E-state index >= 15 is 0 Å². The minimum absolute atomic E-state index is 0.0541. The van der Waals surface area contributed by atoms with Crippen LogP contribution in [0.2, 0.25) is 5.02 Å². The number of ether oxygens (including phenoxy) is 1. The molecule has 1 aromatic heterocycles. The molecular formula is C31H23ClN4O3. The standard InChI is InChI=1S/C31H23ClN4O3/c1-20-25(30(37)35(31(38)26(20)17-33)18-21-9-5-3-6-10-21)15-23-19-36(24-11-7-4-8-12-24)34-29(23)22-13-14-28(39-2)27(32)16-22/h3-16,19H,18H2,1-2H3/b25-15+. The Hall–Kier alpha value is -4.93. The average molecular weight is 535 g/mol. The van der Waals surface area contributed by atoms with Crippen LogP contribution in [0, 0.1) is 11.3 Å². The van der Waals surface area contributed by atoms with E-state index in [2.05, 4.69) is 0 Å². The van der Waals surface area contributed by atoms with Gasteiger partial charge in [0, 0.05) is 22.9 Å². The van der Waals surface area contributed by atoms with Gasteiger partial charge in [0.25, 0.3) is 11.8 Å². The van der Waals surface area contributed by atoms with E-state index in [4.69, 9.17) is 21.4 Å². The van der Waals surface area contributed by atoms with Gasteiger partial charge in [-0.05, 0) is 54.5 Å². The van der Waals surface area contributed by atoms with Gasteiger partial charge in [-0.3, -0.25) is 14.5 Å². The van der Waals surface area contributed by atoms with Crippen LogP contribution in [0.15, 0.2) is 102 Å². The number of hydrogen-bond acceptors (Lipinski definition) is 5. The molecule has 3 aromatic carbocycles. The number of rotatable bonds is 6. The Bertz CT molecular complexity index is 1680. The molecule has 0 saturated heterocycles. The Morgan fingerprint density at radius 3 is 2.33 bits per heavy atom. The molecule has 0 radical (unpaired) electrons. The Morgan fingerprint density at radius 2 is 1.69 bits per heavy atom. The average Bonchev–Trinajstić information content (AvgIpc) is 3.39. The quantitative estimate of drug-likeness (QED) is 0.224. The van der Waals surface area contributed by atoms with Crippen molar-refractivity contribution in [1.82, 2.24) is 14.7 Å². The summed E-state index contributed by atoms with van der Waals surface area (Å²) in [5, 5.41) is 15.0. The zero-order chi connectivity index (χ0) is 27.5. The zero-order valence-corrected chi connectivity index (χ0v) is 22.0. The highest BCUT2D eigenvalue weighted by Crippen LogP contribution is 2.34. The summed E-state index contributed by atoms with van der Waals surface area (Å²) in [6.45, 7) is 1.67. The van der Waals surface area contributed by atoms with E-state index in [1.165, 1.54) is 0 Å². The molecule has 2 heterocycles. The second-order valence-corrected chi connectivity index (χ2v) is 9.32. The fourth-order valence-corrected chi connectivity index (χ4v) is 4.70. The Balaban J connectivity index is 1.66. The summed E-state index contributed by atoms with van der Waals surface area (Å²) >= 11 is 6.43. The van der Waals surface area contributed by atoms with Crippen molar-refractivity contribution in [3.05, 3.63) is 118 Å². The van der Waals surface area contributed by atoms with Crippen LogP contribution in [0.25, 0.3) is 23.0 Å². The van der Waals surface area contributed by atoms with Crippen molar-refractivity contribution in [3.63, 3.8) is 0 Å². The lowest BCUT2D eigenvalue weighted by molar-refractivity contribution is -0.141. The molecule has 192 valence electrons. The third-order valence-corrected chi connectivity index (χ3v) is 6.79. The molecule has 2 amide bonds. The summed E-state index contributed by atoms with van der Waals surface area (Å²) in [5.74, 6) is -0.563. The van der Waals surface area contributed by atoms with Gasteiger partial charge < -0.3 is 4.74 Å². The summed E-state index contributed by atoms with van der Waals surface area (Å²) in [6.07, 6.45) is 3.49. The first-order chi connectivity index (χ1) is 18.9. The van der Waals surface area contributed by atoms with Crippen molar-refractivity contribution in [2.45, 2.75) is 13.5 Å². The van der Waals surface area contributed by atoms with Gasteiger partial charge in [-0.2, -0.15) is 10.4 Å². The number of halogens is 1. The molecule has 0 N–H and O–H groups in total. The molecule has 0 saturated carbocycles. The lowest BCUT2D eigenvalue weighted by atomic mass is 9.93. The molecule has 0 fully saturated rings. The number of para-hydroxylation sites is 1. The Labute approximate surface area is 230 Å². The first-order valence-electron chi connectivity index (χ1n) is 12.1. The van der Waals surface area contributed by atoms with Crippen molar-refractivity contribution in [2.24, 2.45) is 0 Å². The first-order valence-corrected chi connectivity index (χ1v) is 12.5. The highest BCUT2D eigenvalue weighted by Gasteiger charge is 2.35. The molecule has 39 heavy (non-hydrogen) atoms. The molecule has 0 bridgehead atoms. The maximum Gasteiger partial charge on any atom is 0.271 e. The normalized spacial score (nSPS) is 14.6. The Kier molecular flexibility index (Phi) is 7.13. The molecule has 0 spiro atoms. The van der Waals surface area contributed by atoms with E-state index in [1.54, 1.807) is 43.1 Å². The molecule has 7 nitrogen and oxygen atoms in total. The van der Waals surface area contributed by atoms with Crippen LogP contribution in [0.3, 0.4) is 0 Å². The lowest BCUT2D eigenvalue weighted by Crippen LogP contribution is -2.42. The molecule has 8 heteroatoms. The van der Waals surface area contributed by atoms with Crippen molar-refractivity contribution >= 4 is 29.5 Å². The molecule has 4 aromatic rings. The van der Waals surface area contributed by atoms with Crippen molar-refractivity contribution in [2.75, 3.05) is 7.11 Å². The van der Waals surface area contributed by atoms with Gasteiger partial charge in [-0.1, -0.05) is 60.1 Å². The van der Waals surface area contributed by atoms with E-state index in [1.807, 2.05) is 72.8 Å². The van der Waals surface area contributed by atoms with Crippen LogP contribution in [-0.2, 0) is 16.1 Å². The highest BCUT2D eigenvalue weighted by molar-refractivity contribution is 6.32. The lowest BCUT2D eigenvalue weighted by Gasteiger charge is -2.27. The van der Waals surface area contributed by atoms with Crippen molar-refractivity contribution in [3.8, 4) is 28.8 Å². The molecule has 0 unspecified atom stereocenters. The molecule has 0 aliphatic carbocycles. The van der Waals surface area contributed by atoms with Crippen molar-refractivity contribution in [1.29, 1.82) is 5.26 Å². The van der Waals surface area contributed by atoms with E-state index < -0.39 is 11.8 Å². The predicted molar refractivity (Wildman–Crippen MR) is 149 cm³/mol. The van der Waals surface area contributed by atoms with Crippen LogP contribution >= 0.6 is 11.6 Å². The number of amides is 2. The van der Waals surface area contributed by atoms with Gasteiger partial charge in [0.15, 0.2) is 0 Å². The molecule has 1 aliphatic rings. The summed E-state index contributed by atoms with van der Waals surface area (Å²) in [5.41, 5.74) is 4.00. The number of carbonyl (C=O) groups excluding carboxylic acids is 2. The van der Waals surface area contributed by atoms with Gasteiger partial charge in [-0.15, -0.1) is 0 Å². The fraction of sp³-hybridized carbons (Fsp3) is 0.0968. The molecule has 5 rings (SSSR count). The number of aromatic nitrogens is 2. The molecule has 1 aliphatic heterocycles. The van der Waals surface area contributed by atoms with Gasteiger partial charge in [-0.25, -0.2) is 4.68 Å². The topological polar surface area (TPSA) is 88.2 Å². The van der Waals surface area contributed by atoms with Crippen LogP contribution in [0.1, 0.15) is 18.1 Å². The summed E-state index contributed by atoms with van der Waals surface area (Å²) < 4.78 is 7.01. The third kappa shape index (κ3) is 4.98. The number of imide groups is 1. The maximum atomic E-state index is 13.7. The fourth-order valence-electron chi connectivity index (χ4n) is 4.44. The Morgan fingerprint density at radius 1 is 1.00 bits per heavy atom.